The molecule has 2 aromatic heterocycles. The van der Waals surface area contributed by atoms with Gasteiger partial charge in [0.25, 0.3) is 0 Å². The van der Waals surface area contributed by atoms with Gasteiger partial charge in [0, 0.05) is 18.0 Å². The highest BCUT2D eigenvalue weighted by atomic mass is 19.1. The summed E-state index contributed by atoms with van der Waals surface area (Å²) >= 11 is 0. The van der Waals surface area contributed by atoms with Gasteiger partial charge >= 0.3 is 6.03 Å². The lowest BCUT2D eigenvalue weighted by molar-refractivity contribution is 0.0886. The number of fused-ring (bicyclic) bond motifs is 1. The average molecular weight is 368 g/mol. The van der Waals surface area contributed by atoms with E-state index >= 15 is 0 Å². The van der Waals surface area contributed by atoms with Crippen molar-refractivity contribution in [3.8, 4) is 22.4 Å². The van der Waals surface area contributed by atoms with Gasteiger partial charge in [-0.15, -0.1) is 0 Å². The molecule has 0 unspecified atom stereocenters. The molecule has 0 aliphatic carbocycles. The van der Waals surface area contributed by atoms with Crippen molar-refractivity contribution < 1.29 is 14.0 Å². The summed E-state index contributed by atoms with van der Waals surface area (Å²) in [6.45, 7) is 0.904. The van der Waals surface area contributed by atoms with Gasteiger partial charge in [0.15, 0.2) is 5.82 Å². The van der Waals surface area contributed by atoms with Crippen molar-refractivity contribution in [3.05, 3.63) is 54.6 Å². The fraction of sp³-hybridized carbons (Fsp3) is 0.167. The number of halogens is 1. The first kappa shape index (κ1) is 17.0. The molecule has 4 rings (SSSR count). The second kappa shape index (κ2) is 7.04. The first-order valence-electron chi connectivity index (χ1n) is 8.31. The number of hydrazine groups is 1. The van der Waals surface area contributed by atoms with Crippen LogP contribution in [-0.2, 0) is 11.4 Å². The van der Waals surface area contributed by atoms with Crippen LogP contribution in [-0.4, -0.2) is 39.5 Å². The van der Waals surface area contributed by atoms with Crippen LogP contribution in [0.2, 0.25) is 0 Å². The molecule has 0 radical (unpaired) electrons. The maximum atomic E-state index is 13.4. The van der Waals surface area contributed by atoms with Crippen molar-refractivity contribution in [2.45, 2.75) is 6.54 Å². The van der Waals surface area contributed by atoms with Gasteiger partial charge in [-0.25, -0.2) is 24.4 Å². The third-order valence-electron chi connectivity index (χ3n) is 4.25. The maximum absolute atomic E-state index is 13.4. The summed E-state index contributed by atoms with van der Waals surface area (Å²) in [7, 11) is 1.38. The average Bonchev–Trinajstić information content (AvgIpc) is 3.08. The van der Waals surface area contributed by atoms with Crippen molar-refractivity contribution in [1.29, 1.82) is 0 Å². The number of benzene rings is 1. The Morgan fingerprint density at radius 3 is 2.59 bits per heavy atom. The molecule has 0 spiro atoms. The van der Waals surface area contributed by atoms with Crippen LogP contribution in [0.15, 0.2) is 48.8 Å². The van der Waals surface area contributed by atoms with Gasteiger partial charge in [-0.05, 0) is 42.0 Å². The van der Waals surface area contributed by atoms with E-state index in [0.29, 0.717) is 24.6 Å². The zero-order chi connectivity index (χ0) is 18.8. The molecule has 1 aliphatic heterocycles. The van der Waals surface area contributed by atoms with Gasteiger partial charge in [-0.2, -0.15) is 5.10 Å². The minimum absolute atomic E-state index is 0.311. The summed E-state index contributed by atoms with van der Waals surface area (Å²) in [4.78, 5) is 20.9. The van der Waals surface area contributed by atoms with Crippen molar-refractivity contribution in [1.82, 2.24) is 25.3 Å². The van der Waals surface area contributed by atoms with Crippen molar-refractivity contribution >= 4 is 11.8 Å². The minimum Gasteiger partial charge on any atom is -0.277 e. The van der Waals surface area contributed by atoms with E-state index in [-0.39, 0.29) is 5.82 Å². The second-order valence-corrected chi connectivity index (χ2v) is 5.91. The molecule has 27 heavy (non-hydrogen) atoms. The van der Waals surface area contributed by atoms with Crippen LogP contribution in [0.1, 0.15) is 0 Å². The van der Waals surface area contributed by atoms with E-state index in [9.17, 15) is 9.18 Å². The summed E-state index contributed by atoms with van der Waals surface area (Å²) in [6.07, 6.45) is 3.37. The Balaban J connectivity index is 1.82. The van der Waals surface area contributed by atoms with Crippen molar-refractivity contribution in [2.75, 3.05) is 19.1 Å². The second-order valence-electron chi connectivity index (χ2n) is 5.91. The summed E-state index contributed by atoms with van der Waals surface area (Å²) < 4.78 is 15.2. The van der Waals surface area contributed by atoms with Crippen LogP contribution < -0.4 is 10.9 Å². The highest BCUT2D eigenvalue weighted by molar-refractivity contribution is 5.90. The van der Waals surface area contributed by atoms with Crippen LogP contribution in [0, 0.1) is 5.82 Å². The number of nitrogens with one attached hydrogen (secondary N) is 2. The summed E-state index contributed by atoms with van der Waals surface area (Å²) in [6, 6.07) is 9.48. The zero-order valence-electron chi connectivity index (χ0n) is 14.5. The Bertz CT molecular complexity index is 958. The Hall–Kier alpha value is -3.46. The van der Waals surface area contributed by atoms with Gasteiger partial charge in [0.05, 0.1) is 25.8 Å². The standard InChI is InChI=1S/C18H17FN6O2/c1-27-23-18(26)25-11-10-24-17(22-25)15(12-6-8-20-9-7-12)16(21-24)13-2-4-14(19)5-3-13/h2-9,22H,10-11H2,1H3,(H,23,26). The normalized spacial score (nSPS) is 13.0. The number of hydroxylamine groups is 1. The monoisotopic (exact) mass is 368 g/mol. The smallest absolute Gasteiger partial charge is 0.277 e. The van der Waals surface area contributed by atoms with E-state index in [1.807, 2.05) is 12.1 Å². The molecule has 8 nitrogen and oxygen atoms in total. The largest absolute Gasteiger partial charge is 0.360 e. The van der Waals surface area contributed by atoms with Crippen LogP contribution >= 0.6 is 0 Å². The number of carbonyl (C=O) groups excluding carboxylic acids is 1. The number of hydrogen-bond acceptors (Lipinski definition) is 5. The molecule has 2 amide bonds. The molecule has 0 saturated heterocycles. The van der Waals surface area contributed by atoms with E-state index in [1.54, 1.807) is 29.2 Å². The molecule has 1 aliphatic rings. The molecule has 0 saturated carbocycles. The quantitative estimate of drug-likeness (QED) is 0.695. The number of carbonyl (C=O) groups is 1. The Morgan fingerprint density at radius 1 is 1.15 bits per heavy atom. The Kier molecular flexibility index (Phi) is 4.43. The molecule has 3 heterocycles. The highest BCUT2D eigenvalue weighted by Crippen LogP contribution is 2.38. The van der Waals surface area contributed by atoms with Crippen LogP contribution in [0.4, 0.5) is 15.0 Å². The lowest BCUT2D eigenvalue weighted by Crippen LogP contribution is -2.47. The van der Waals surface area contributed by atoms with Gasteiger partial charge < -0.3 is 0 Å². The van der Waals surface area contributed by atoms with Gasteiger partial charge in [0.1, 0.15) is 11.5 Å². The molecule has 138 valence electrons. The molecular formula is C18H17FN6O2. The number of aromatic nitrogens is 3. The Morgan fingerprint density at radius 2 is 1.89 bits per heavy atom. The van der Waals surface area contributed by atoms with E-state index < -0.39 is 6.03 Å². The molecule has 1 aromatic carbocycles. The molecule has 9 heteroatoms. The first-order chi connectivity index (χ1) is 13.2. The van der Waals surface area contributed by atoms with Crippen LogP contribution in [0.25, 0.3) is 22.4 Å². The van der Waals surface area contributed by atoms with E-state index in [1.165, 1.54) is 24.3 Å². The van der Waals surface area contributed by atoms with E-state index in [2.05, 4.69) is 21.0 Å². The van der Waals surface area contributed by atoms with E-state index in [0.717, 1.165) is 16.7 Å². The minimum atomic E-state index is -0.408. The predicted octanol–water partition coefficient (Wildman–Crippen LogP) is 2.66. The maximum Gasteiger partial charge on any atom is 0.360 e. The van der Waals surface area contributed by atoms with Gasteiger partial charge in [-0.1, -0.05) is 0 Å². The van der Waals surface area contributed by atoms with E-state index in [4.69, 9.17) is 4.84 Å². The summed E-state index contributed by atoms with van der Waals surface area (Å²) in [5, 5.41) is 6.10. The number of pyridine rings is 1. The molecule has 3 aromatic rings. The highest BCUT2D eigenvalue weighted by Gasteiger charge is 2.27. The first-order valence-corrected chi connectivity index (χ1v) is 8.31. The number of nitrogens with zero attached hydrogens (tertiary/aromatic N) is 4. The molecule has 0 atom stereocenters. The third kappa shape index (κ3) is 3.20. The SMILES string of the molecule is CONC(=O)N1CCn2nc(-c3ccc(F)cc3)c(-c3ccncc3)c2N1. The predicted molar refractivity (Wildman–Crippen MR) is 96.7 cm³/mol. The molecule has 0 fully saturated rings. The Labute approximate surface area is 154 Å². The van der Waals surface area contributed by atoms with Crippen molar-refractivity contribution in [3.63, 3.8) is 0 Å². The number of amides is 2. The lowest BCUT2D eigenvalue weighted by Gasteiger charge is -2.29. The fourth-order valence-electron chi connectivity index (χ4n) is 3.01. The number of rotatable bonds is 3. The van der Waals surface area contributed by atoms with Crippen LogP contribution in [0.5, 0.6) is 0 Å². The zero-order valence-corrected chi connectivity index (χ0v) is 14.5. The third-order valence-corrected chi connectivity index (χ3v) is 4.25. The summed E-state index contributed by atoms with van der Waals surface area (Å²) in [5.74, 6) is 0.353. The van der Waals surface area contributed by atoms with Crippen molar-refractivity contribution in [2.24, 2.45) is 0 Å². The number of hydrogen-bond donors (Lipinski definition) is 2. The van der Waals surface area contributed by atoms with Gasteiger partial charge in [0.2, 0.25) is 0 Å². The van der Waals surface area contributed by atoms with Crippen LogP contribution in [0.3, 0.4) is 0 Å². The fourth-order valence-corrected chi connectivity index (χ4v) is 3.01. The number of anilines is 1. The molecular weight excluding hydrogens is 351 g/mol. The molecule has 0 bridgehead atoms. The lowest BCUT2D eigenvalue weighted by atomic mass is 10.0. The van der Waals surface area contributed by atoms with Gasteiger partial charge in [-0.3, -0.25) is 15.2 Å². The summed E-state index contributed by atoms with van der Waals surface area (Å²) in [5.41, 5.74) is 8.55. The molecule has 2 N–H and O–H groups in total. The number of urea groups is 1. The topological polar surface area (TPSA) is 84.3 Å².